The minimum absolute atomic E-state index is 0.147. The Morgan fingerprint density at radius 1 is 1.00 bits per heavy atom. The van der Waals surface area contributed by atoms with Crippen LogP contribution >= 0.6 is 11.8 Å². The Labute approximate surface area is 122 Å². The van der Waals surface area contributed by atoms with Crippen molar-refractivity contribution in [3.05, 3.63) is 0 Å². The topological polar surface area (TPSA) is 50.1 Å². The van der Waals surface area contributed by atoms with Crippen LogP contribution in [-0.2, 0) is 9.53 Å². The maximum Gasteiger partial charge on any atom is 0.316 e. The minimum atomic E-state index is -0.275. The van der Waals surface area contributed by atoms with E-state index in [4.69, 9.17) is 10.00 Å². The second kappa shape index (κ2) is 15.4. The highest BCUT2D eigenvalue weighted by atomic mass is 32.2. The lowest BCUT2D eigenvalue weighted by molar-refractivity contribution is -0.140. The van der Waals surface area contributed by atoms with Crippen molar-refractivity contribution in [3.8, 4) is 5.40 Å². The van der Waals surface area contributed by atoms with Gasteiger partial charge in [-0.05, 0) is 18.2 Å². The van der Waals surface area contributed by atoms with Gasteiger partial charge in [-0.3, -0.25) is 4.79 Å². The van der Waals surface area contributed by atoms with Crippen molar-refractivity contribution in [3.63, 3.8) is 0 Å². The van der Waals surface area contributed by atoms with Crippen LogP contribution in [-0.4, -0.2) is 18.3 Å². The second-order valence-electron chi connectivity index (χ2n) is 4.78. The van der Waals surface area contributed by atoms with Crippen LogP contribution in [0.5, 0.6) is 0 Å². The first-order chi connectivity index (χ1) is 9.31. The molecule has 0 aliphatic heterocycles. The van der Waals surface area contributed by atoms with Gasteiger partial charge in [0.15, 0.2) is 0 Å². The van der Waals surface area contributed by atoms with E-state index in [2.05, 4.69) is 6.92 Å². The fourth-order valence-corrected chi connectivity index (χ4v) is 2.17. The second-order valence-corrected chi connectivity index (χ2v) is 5.54. The summed E-state index contributed by atoms with van der Waals surface area (Å²) in [5, 5.41) is 10.1. The van der Waals surface area contributed by atoms with Crippen LogP contribution in [0.4, 0.5) is 0 Å². The number of hydrogen-bond donors (Lipinski definition) is 0. The standard InChI is InChI=1S/C15H27NO2S/c1-2-3-4-5-6-7-8-9-10-11-12-18-15(17)13-19-14-16/h2-13H2,1H3. The van der Waals surface area contributed by atoms with Crippen molar-refractivity contribution in [1.29, 1.82) is 5.26 Å². The van der Waals surface area contributed by atoms with Gasteiger partial charge in [-0.1, -0.05) is 64.7 Å². The molecule has 4 heteroatoms. The molecule has 0 saturated heterocycles. The molecule has 0 heterocycles. The predicted molar refractivity (Wildman–Crippen MR) is 80.9 cm³/mol. The number of thiocyanates is 1. The van der Waals surface area contributed by atoms with Gasteiger partial charge in [0.1, 0.15) is 11.2 Å². The third kappa shape index (κ3) is 15.3. The molecule has 0 bridgehead atoms. The van der Waals surface area contributed by atoms with Crippen molar-refractivity contribution in [1.82, 2.24) is 0 Å². The monoisotopic (exact) mass is 285 g/mol. The number of nitriles is 1. The van der Waals surface area contributed by atoms with Gasteiger partial charge in [-0.2, -0.15) is 5.26 Å². The molecule has 0 aliphatic carbocycles. The molecular formula is C15H27NO2S. The first-order valence-corrected chi connectivity index (χ1v) is 8.46. The molecule has 110 valence electrons. The summed E-state index contributed by atoms with van der Waals surface area (Å²) in [5.41, 5.74) is 0. The number of carbonyl (C=O) groups excluding carboxylic acids is 1. The van der Waals surface area contributed by atoms with Gasteiger partial charge in [0.2, 0.25) is 0 Å². The van der Waals surface area contributed by atoms with Gasteiger partial charge < -0.3 is 4.74 Å². The van der Waals surface area contributed by atoms with Crippen LogP contribution in [0.1, 0.15) is 71.1 Å². The summed E-state index contributed by atoms with van der Waals surface area (Å²) in [6.07, 6.45) is 12.7. The van der Waals surface area contributed by atoms with Crippen LogP contribution < -0.4 is 0 Å². The van der Waals surface area contributed by atoms with E-state index in [1.807, 2.05) is 5.40 Å². The zero-order valence-electron chi connectivity index (χ0n) is 12.2. The summed E-state index contributed by atoms with van der Waals surface area (Å²) in [4.78, 5) is 11.1. The fraction of sp³-hybridized carbons (Fsp3) is 0.867. The zero-order valence-corrected chi connectivity index (χ0v) is 13.0. The lowest BCUT2D eigenvalue weighted by Crippen LogP contribution is -2.07. The van der Waals surface area contributed by atoms with Gasteiger partial charge in [0, 0.05) is 0 Å². The molecule has 0 aromatic rings. The molecule has 0 spiro atoms. The van der Waals surface area contributed by atoms with Crippen molar-refractivity contribution in [2.45, 2.75) is 71.1 Å². The van der Waals surface area contributed by atoms with E-state index in [0.717, 1.165) is 24.6 Å². The number of unbranched alkanes of at least 4 members (excludes halogenated alkanes) is 9. The van der Waals surface area contributed by atoms with Gasteiger partial charge in [0.25, 0.3) is 0 Å². The third-order valence-electron chi connectivity index (χ3n) is 3.02. The van der Waals surface area contributed by atoms with Gasteiger partial charge in [-0.25, -0.2) is 0 Å². The first-order valence-electron chi connectivity index (χ1n) is 7.47. The molecule has 3 nitrogen and oxygen atoms in total. The van der Waals surface area contributed by atoms with Crippen molar-refractivity contribution in [2.75, 3.05) is 12.4 Å². The smallest absolute Gasteiger partial charge is 0.316 e. The van der Waals surface area contributed by atoms with Crippen LogP contribution in [0.15, 0.2) is 0 Å². The minimum Gasteiger partial charge on any atom is -0.465 e. The molecule has 19 heavy (non-hydrogen) atoms. The van der Waals surface area contributed by atoms with E-state index in [1.165, 1.54) is 51.4 Å². The largest absolute Gasteiger partial charge is 0.465 e. The predicted octanol–water partition coefficient (Wildman–Crippen LogP) is 4.66. The Hall–Kier alpha value is -0.690. The lowest BCUT2D eigenvalue weighted by atomic mass is 10.1. The molecule has 0 atom stereocenters. The third-order valence-corrected chi connectivity index (χ3v) is 3.52. The average molecular weight is 285 g/mol. The maximum absolute atomic E-state index is 11.1. The zero-order chi connectivity index (χ0) is 14.2. The van der Waals surface area contributed by atoms with E-state index in [0.29, 0.717) is 6.61 Å². The van der Waals surface area contributed by atoms with E-state index < -0.39 is 0 Å². The number of thioether (sulfide) groups is 1. The summed E-state index contributed by atoms with van der Waals surface area (Å²) in [5.74, 6) is -0.128. The van der Waals surface area contributed by atoms with Gasteiger partial charge in [-0.15, -0.1) is 0 Å². The number of hydrogen-bond acceptors (Lipinski definition) is 4. The van der Waals surface area contributed by atoms with Gasteiger partial charge >= 0.3 is 5.97 Å². The molecule has 0 unspecified atom stereocenters. The molecular weight excluding hydrogens is 258 g/mol. The van der Waals surface area contributed by atoms with Crippen molar-refractivity contribution in [2.24, 2.45) is 0 Å². The highest BCUT2D eigenvalue weighted by Gasteiger charge is 2.01. The molecule has 0 radical (unpaired) electrons. The summed E-state index contributed by atoms with van der Waals surface area (Å²) < 4.78 is 5.01. The molecule has 0 amide bonds. The number of ether oxygens (including phenoxy) is 1. The number of nitrogens with zero attached hydrogens (tertiary/aromatic N) is 1. The average Bonchev–Trinajstić information content (AvgIpc) is 2.42. The SMILES string of the molecule is CCCCCCCCCCCCOC(=O)CSC#N. The number of esters is 1. The van der Waals surface area contributed by atoms with Crippen molar-refractivity contribution < 1.29 is 9.53 Å². The van der Waals surface area contributed by atoms with Crippen LogP contribution in [0.3, 0.4) is 0 Å². The summed E-state index contributed by atoms with van der Waals surface area (Å²) in [6.45, 7) is 2.74. The van der Waals surface area contributed by atoms with Crippen LogP contribution in [0.2, 0.25) is 0 Å². The molecule has 0 N–H and O–H groups in total. The summed E-state index contributed by atoms with van der Waals surface area (Å²) in [6, 6.07) is 0. The van der Waals surface area contributed by atoms with E-state index in [9.17, 15) is 4.79 Å². The maximum atomic E-state index is 11.1. The normalized spacial score (nSPS) is 10.1. The van der Waals surface area contributed by atoms with Crippen molar-refractivity contribution >= 4 is 17.7 Å². The number of rotatable bonds is 13. The van der Waals surface area contributed by atoms with E-state index >= 15 is 0 Å². The van der Waals surface area contributed by atoms with Gasteiger partial charge in [0.05, 0.1) is 6.61 Å². The molecule has 0 aromatic carbocycles. The first kappa shape index (κ1) is 18.3. The van der Waals surface area contributed by atoms with E-state index in [1.54, 1.807) is 0 Å². The fourth-order valence-electron chi connectivity index (χ4n) is 1.91. The highest BCUT2D eigenvalue weighted by molar-refractivity contribution is 8.04. The summed E-state index contributed by atoms with van der Waals surface area (Å²) >= 11 is 0.930. The van der Waals surface area contributed by atoms with E-state index in [-0.39, 0.29) is 11.7 Å². The molecule has 0 fully saturated rings. The highest BCUT2D eigenvalue weighted by Crippen LogP contribution is 2.10. The molecule has 0 rings (SSSR count). The molecule has 0 aliphatic rings. The molecule has 0 aromatic heterocycles. The Morgan fingerprint density at radius 2 is 1.53 bits per heavy atom. The van der Waals surface area contributed by atoms with Crippen LogP contribution in [0.25, 0.3) is 0 Å². The quantitative estimate of drug-likeness (QED) is 0.280. The van der Waals surface area contributed by atoms with Crippen LogP contribution in [0, 0.1) is 10.7 Å². The Kier molecular flexibility index (Phi) is 14.8. The molecule has 0 saturated carbocycles. The Morgan fingerprint density at radius 3 is 2.05 bits per heavy atom. The Balaban J connectivity index is 3.07. The summed E-state index contributed by atoms with van der Waals surface area (Å²) in [7, 11) is 0. The Bertz CT molecular complexity index is 251. The lowest BCUT2D eigenvalue weighted by Gasteiger charge is -2.04. The number of carbonyl (C=O) groups is 1.